The lowest BCUT2D eigenvalue weighted by molar-refractivity contribution is -0.117. The van der Waals surface area contributed by atoms with Gasteiger partial charge >= 0.3 is 0 Å². The molecule has 0 spiro atoms. The van der Waals surface area contributed by atoms with Gasteiger partial charge in [0.2, 0.25) is 0 Å². The molecule has 3 nitrogen and oxygen atoms in total. The topological polar surface area (TPSA) is 49.5 Å². The molecular weight excluding hydrogens is 248 g/mol. The second kappa shape index (κ2) is 6.76. The van der Waals surface area contributed by atoms with Crippen LogP contribution in [0.5, 0.6) is 0 Å². The lowest BCUT2D eigenvalue weighted by Gasteiger charge is -2.51. The SMILES string of the molecule is CCC1CCCC(CN)(C2(O)CCCN(CC)CC2)C1. The molecule has 1 heterocycles. The van der Waals surface area contributed by atoms with Crippen molar-refractivity contribution in [3.05, 3.63) is 0 Å². The van der Waals surface area contributed by atoms with Crippen LogP contribution in [0.15, 0.2) is 0 Å². The first-order valence-electron chi connectivity index (χ1n) is 8.74. The number of aliphatic hydroxyl groups is 1. The van der Waals surface area contributed by atoms with E-state index in [4.69, 9.17) is 5.73 Å². The van der Waals surface area contributed by atoms with Crippen LogP contribution in [0.1, 0.15) is 65.2 Å². The molecule has 1 saturated carbocycles. The lowest BCUT2D eigenvalue weighted by atomic mass is 9.58. The van der Waals surface area contributed by atoms with Crippen molar-refractivity contribution in [3.8, 4) is 0 Å². The van der Waals surface area contributed by atoms with E-state index in [9.17, 15) is 5.11 Å². The minimum Gasteiger partial charge on any atom is -0.389 e. The molecule has 0 radical (unpaired) electrons. The average molecular weight is 282 g/mol. The number of nitrogens with zero attached hydrogens (tertiary/aromatic N) is 1. The first kappa shape index (κ1) is 16.3. The largest absolute Gasteiger partial charge is 0.389 e. The molecule has 2 rings (SSSR count). The Labute approximate surface area is 124 Å². The van der Waals surface area contributed by atoms with E-state index in [0.717, 1.165) is 57.7 Å². The van der Waals surface area contributed by atoms with Crippen molar-refractivity contribution >= 4 is 0 Å². The van der Waals surface area contributed by atoms with Crippen molar-refractivity contribution in [2.45, 2.75) is 70.8 Å². The van der Waals surface area contributed by atoms with Gasteiger partial charge in [-0.15, -0.1) is 0 Å². The average Bonchev–Trinajstić information content (AvgIpc) is 2.70. The lowest BCUT2D eigenvalue weighted by Crippen LogP contribution is -2.55. The van der Waals surface area contributed by atoms with Crippen LogP contribution in [0.4, 0.5) is 0 Å². The number of hydrogen-bond donors (Lipinski definition) is 2. The smallest absolute Gasteiger partial charge is 0.0728 e. The second-order valence-electron chi connectivity index (χ2n) is 7.17. The maximum atomic E-state index is 11.4. The monoisotopic (exact) mass is 282 g/mol. The summed E-state index contributed by atoms with van der Waals surface area (Å²) in [6.45, 7) is 8.43. The maximum absolute atomic E-state index is 11.4. The van der Waals surface area contributed by atoms with Gasteiger partial charge in [0.1, 0.15) is 0 Å². The fourth-order valence-electron chi connectivity index (χ4n) is 4.65. The van der Waals surface area contributed by atoms with Crippen LogP contribution in [-0.4, -0.2) is 41.8 Å². The second-order valence-corrected chi connectivity index (χ2v) is 7.17. The summed E-state index contributed by atoms with van der Waals surface area (Å²) in [7, 11) is 0. The highest BCUT2D eigenvalue weighted by molar-refractivity contribution is 5.03. The van der Waals surface area contributed by atoms with Gasteiger partial charge in [-0.1, -0.05) is 33.1 Å². The molecule has 0 aromatic rings. The predicted molar refractivity (Wildman–Crippen MR) is 84.7 cm³/mol. The first-order valence-corrected chi connectivity index (χ1v) is 8.74. The number of hydrogen-bond acceptors (Lipinski definition) is 3. The van der Waals surface area contributed by atoms with Crippen molar-refractivity contribution < 1.29 is 5.11 Å². The predicted octanol–water partition coefficient (Wildman–Crippen LogP) is 2.77. The molecule has 0 amide bonds. The Kier molecular flexibility index (Phi) is 5.49. The summed E-state index contributed by atoms with van der Waals surface area (Å²) in [6, 6.07) is 0. The molecule has 3 heteroatoms. The molecule has 3 unspecified atom stereocenters. The molecular formula is C17H34N2O. The van der Waals surface area contributed by atoms with Gasteiger partial charge in [0.15, 0.2) is 0 Å². The minimum absolute atomic E-state index is 0.0182. The Morgan fingerprint density at radius 3 is 2.60 bits per heavy atom. The number of likely N-dealkylation sites (tertiary alicyclic amines) is 1. The van der Waals surface area contributed by atoms with Crippen LogP contribution in [0, 0.1) is 11.3 Å². The van der Waals surface area contributed by atoms with Crippen LogP contribution >= 0.6 is 0 Å². The van der Waals surface area contributed by atoms with E-state index < -0.39 is 5.60 Å². The standard InChI is InChI=1S/C17H34N2O/c1-3-15-7-5-8-16(13-15,14-18)17(20)9-6-11-19(4-2)12-10-17/h15,20H,3-14,18H2,1-2H3. The highest BCUT2D eigenvalue weighted by atomic mass is 16.3. The molecule has 3 atom stereocenters. The van der Waals surface area contributed by atoms with Crippen molar-refractivity contribution in [1.82, 2.24) is 4.90 Å². The van der Waals surface area contributed by atoms with E-state index in [0.29, 0.717) is 6.54 Å². The molecule has 1 saturated heterocycles. The maximum Gasteiger partial charge on any atom is 0.0728 e. The van der Waals surface area contributed by atoms with E-state index in [1.54, 1.807) is 0 Å². The van der Waals surface area contributed by atoms with Crippen molar-refractivity contribution in [2.75, 3.05) is 26.2 Å². The first-order chi connectivity index (χ1) is 9.59. The van der Waals surface area contributed by atoms with Crippen molar-refractivity contribution in [2.24, 2.45) is 17.1 Å². The normalized spacial score (nSPS) is 40.5. The van der Waals surface area contributed by atoms with E-state index in [1.165, 1.54) is 19.3 Å². The summed E-state index contributed by atoms with van der Waals surface area (Å²) in [5.74, 6) is 0.766. The summed E-state index contributed by atoms with van der Waals surface area (Å²) in [5, 5.41) is 11.4. The molecule has 1 aliphatic heterocycles. The van der Waals surface area contributed by atoms with Crippen molar-refractivity contribution in [1.29, 1.82) is 0 Å². The third-order valence-corrected chi connectivity index (χ3v) is 6.26. The zero-order valence-corrected chi connectivity index (χ0v) is 13.5. The summed E-state index contributed by atoms with van der Waals surface area (Å²) >= 11 is 0. The van der Waals surface area contributed by atoms with Crippen LogP contribution in [0.2, 0.25) is 0 Å². The fourth-order valence-corrected chi connectivity index (χ4v) is 4.65. The Hall–Kier alpha value is -0.120. The Morgan fingerprint density at radius 2 is 1.95 bits per heavy atom. The molecule has 118 valence electrons. The van der Waals surface area contributed by atoms with Gasteiger partial charge in [-0.05, 0) is 51.1 Å². The van der Waals surface area contributed by atoms with E-state index in [1.807, 2.05) is 0 Å². The summed E-state index contributed by atoms with van der Waals surface area (Å²) in [6.07, 6.45) is 9.05. The van der Waals surface area contributed by atoms with Crippen LogP contribution in [-0.2, 0) is 0 Å². The molecule has 2 aliphatic rings. The Morgan fingerprint density at radius 1 is 1.15 bits per heavy atom. The van der Waals surface area contributed by atoms with E-state index >= 15 is 0 Å². The van der Waals surface area contributed by atoms with E-state index in [-0.39, 0.29) is 5.41 Å². The zero-order chi connectivity index (χ0) is 14.6. The third-order valence-electron chi connectivity index (χ3n) is 6.26. The zero-order valence-electron chi connectivity index (χ0n) is 13.5. The van der Waals surface area contributed by atoms with Gasteiger partial charge in [-0.2, -0.15) is 0 Å². The van der Waals surface area contributed by atoms with Gasteiger partial charge in [-0.25, -0.2) is 0 Å². The molecule has 3 N–H and O–H groups in total. The van der Waals surface area contributed by atoms with Gasteiger partial charge in [-0.3, -0.25) is 0 Å². The van der Waals surface area contributed by atoms with E-state index in [2.05, 4.69) is 18.7 Å². The number of nitrogens with two attached hydrogens (primary N) is 1. The third kappa shape index (κ3) is 3.05. The molecule has 0 bridgehead atoms. The summed E-state index contributed by atoms with van der Waals surface area (Å²) in [4.78, 5) is 2.47. The molecule has 20 heavy (non-hydrogen) atoms. The summed E-state index contributed by atoms with van der Waals surface area (Å²) in [5.41, 5.74) is 5.67. The number of rotatable bonds is 4. The van der Waals surface area contributed by atoms with Crippen LogP contribution in [0.3, 0.4) is 0 Å². The molecule has 1 aliphatic carbocycles. The summed E-state index contributed by atoms with van der Waals surface area (Å²) < 4.78 is 0. The molecule has 0 aromatic heterocycles. The van der Waals surface area contributed by atoms with Crippen LogP contribution in [0.25, 0.3) is 0 Å². The highest BCUT2D eigenvalue weighted by Crippen LogP contribution is 2.50. The van der Waals surface area contributed by atoms with Crippen LogP contribution < -0.4 is 5.73 Å². The Bertz CT molecular complexity index is 309. The van der Waals surface area contributed by atoms with Gasteiger partial charge in [0.05, 0.1) is 5.60 Å². The van der Waals surface area contributed by atoms with Gasteiger partial charge < -0.3 is 15.7 Å². The fraction of sp³-hybridized carbons (Fsp3) is 1.00. The van der Waals surface area contributed by atoms with Crippen molar-refractivity contribution in [3.63, 3.8) is 0 Å². The van der Waals surface area contributed by atoms with Gasteiger partial charge in [0.25, 0.3) is 0 Å². The quantitative estimate of drug-likeness (QED) is 0.833. The van der Waals surface area contributed by atoms with Gasteiger partial charge in [0, 0.05) is 18.5 Å². The molecule has 2 fully saturated rings. The Balaban J connectivity index is 2.15. The molecule has 0 aromatic carbocycles. The highest BCUT2D eigenvalue weighted by Gasteiger charge is 2.51. The minimum atomic E-state index is -0.528.